The topological polar surface area (TPSA) is 75.9 Å². The van der Waals surface area contributed by atoms with Gasteiger partial charge in [0.15, 0.2) is 12.4 Å². The molecule has 1 aliphatic heterocycles. The van der Waals surface area contributed by atoms with Gasteiger partial charge in [-0.25, -0.2) is 4.98 Å². The molecule has 1 N–H and O–H groups in total. The molecule has 1 fully saturated rings. The summed E-state index contributed by atoms with van der Waals surface area (Å²) in [5, 5.41) is 11.4. The van der Waals surface area contributed by atoms with Gasteiger partial charge in [-0.05, 0) is 37.5 Å². The summed E-state index contributed by atoms with van der Waals surface area (Å²) in [6.45, 7) is 2.70. The molecule has 0 radical (unpaired) electrons. The average molecular weight is 322 g/mol. The molecule has 1 amide bonds. The van der Waals surface area contributed by atoms with Gasteiger partial charge in [-0.3, -0.25) is 4.79 Å². The fourth-order valence-corrected chi connectivity index (χ4v) is 3.39. The maximum Gasteiger partial charge on any atom is 0.260 e. The molecule has 0 saturated carbocycles. The Morgan fingerprint density at radius 3 is 3.04 bits per heavy atom. The van der Waals surface area contributed by atoms with Gasteiger partial charge in [-0.2, -0.15) is 4.73 Å². The van der Waals surface area contributed by atoms with E-state index in [0.29, 0.717) is 16.8 Å². The molecule has 3 heterocycles. The zero-order valence-electron chi connectivity index (χ0n) is 13.4. The maximum absolute atomic E-state index is 12.8. The highest BCUT2D eigenvalue weighted by molar-refractivity contribution is 5.94. The first-order valence-corrected chi connectivity index (χ1v) is 8.08. The summed E-state index contributed by atoms with van der Waals surface area (Å²) in [5.41, 5.74) is 3.46. The second-order valence-electron chi connectivity index (χ2n) is 6.20. The number of hydrogen-bond donors (Lipinski definition) is 1. The van der Waals surface area contributed by atoms with E-state index >= 15 is 0 Å². The van der Waals surface area contributed by atoms with Crippen LogP contribution in [0.25, 0.3) is 11.0 Å². The first-order chi connectivity index (χ1) is 11.6. The number of carbonyl (C=O) groups excluding carboxylic acids is 1. The molecule has 1 aromatic carbocycles. The molecule has 24 heavy (non-hydrogen) atoms. The number of rotatable bonds is 2. The largest absolute Gasteiger partial charge is 0.619 e. The van der Waals surface area contributed by atoms with Gasteiger partial charge in [0.05, 0.1) is 17.1 Å². The summed E-state index contributed by atoms with van der Waals surface area (Å²) in [5.74, 6) is 0.691. The van der Waals surface area contributed by atoms with Crippen molar-refractivity contribution in [3.05, 3.63) is 64.9 Å². The summed E-state index contributed by atoms with van der Waals surface area (Å²) in [4.78, 5) is 22.7. The Hall–Kier alpha value is -2.89. The third-order valence-corrected chi connectivity index (χ3v) is 4.58. The summed E-state index contributed by atoms with van der Waals surface area (Å²) in [7, 11) is 0. The number of aromatic nitrogens is 3. The number of para-hydroxylation sites is 1. The van der Waals surface area contributed by atoms with Crippen LogP contribution in [-0.4, -0.2) is 27.3 Å². The molecule has 1 aliphatic rings. The molecule has 6 heteroatoms. The van der Waals surface area contributed by atoms with Gasteiger partial charge in [0.2, 0.25) is 0 Å². The van der Waals surface area contributed by atoms with Gasteiger partial charge in [-0.15, -0.1) is 0 Å². The molecule has 0 unspecified atom stereocenters. The minimum atomic E-state index is -0.125. The number of nitrogens with one attached hydrogen (secondary N) is 1. The van der Waals surface area contributed by atoms with Crippen LogP contribution in [0.1, 0.15) is 40.6 Å². The minimum Gasteiger partial charge on any atom is -0.619 e. The van der Waals surface area contributed by atoms with Crippen LogP contribution in [0.3, 0.4) is 0 Å². The Kier molecular flexibility index (Phi) is 3.45. The van der Waals surface area contributed by atoms with Crippen LogP contribution in [-0.2, 0) is 0 Å². The van der Waals surface area contributed by atoms with Gasteiger partial charge in [-0.1, -0.05) is 12.1 Å². The zero-order chi connectivity index (χ0) is 16.7. The molecule has 2 aromatic heterocycles. The van der Waals surface area contributed by atoms with Crippen LogP contribution in [0.5, 0.6) is 0 Å². The van der Waals surface area contributed by atoms with Crippen LogP contribution in [0, 0.1) is 12.1 Å². The lowest BCUT2D eigenvalue weighted by molar-refractivity contribution is -0.605. The van der Waals surface area contributed by atoms with Crippen molar-refractivity contribution in [2.75, 3.05) is 6.54 Å². The van der Waals surface area contributed by atoms with Crippen molar-refractivity contribution in [2.45, 2.75) is 25.8 Å². The third kappa shape index (κ3) is 2.40. The summed E-state index contributed by atoms with van der Waals surface area (Å²) >= 11 is 0. The van der Waals surface area contributed by atoms with Crippen LogP contribution >= 0.6 is 0 Å². The third-order valence-electron chi connectivity index (χ3n) is 4.58. The van der Waals surface area contributed by atoms with Crippen molar-refractivity contribution in [3.63, 3.8) is 0 Å². The number of likely N-dealkylation sites (tertiary alicyclic amines) is 1. The van der Waals surface area contributed by atoms with E-state index in [1.165, 1.54) is 12.4 Å². The van der Waals surface area contributed by atoms with Gasteiger partial charge in [0.1, 0.15) is 11.4 Å². The number of aromatic amines is 1. The van der Waals surface area contributed by atoms with E-state index in [0.717, 1.165) is 35.3 Å². The first kappa shape index (κ1) is 14.7. The molecule has 0 spiro atoms. The predicted octanol–water partition coefficient (Wildman–Crippen LogP) is 2.48. The first-order valence-electron chi connectivity index (χ1n) is 8.08. The van der Waals surface area contributed by atoms with Crippen molar-refractivity contribution < 1.29 is 9.52 Å². The zero-order valence-corrected chi connectivity index (χ0v) is 13.4. The standard InChI is InChI=1S/C18H18N4O2/c1-12-5-2-7-14-16(12)20-17(19-14)15-8-4-10-22(15)18(23)13-6-3-9-21(24)11-13/h2-3,5-7,9,11,15H,4,8,10H2,1H3,(H,19,20)/t15-/m0/s1. The molecule has 0 bridgehead atoms. The van der Waals surface area contributed by atoms with Crippen LogP contribution in [0.2, 0.25) is 0 Å². The van der Waals surface area contributed by atoms with Gasteiger partial charge in [0.25, 0.3) is 5.91 Å². The number of benzene rings is 1. The SMILES string of the molecule is Cc1cccc2[nH]c([C@@H]3CCCN3C(=O)c3ccc[n+]([O-])c3)nc12. The number of imidazole rings is 1. The highest BCUT2D eigenvalue weighted by Crippen LogP contribution is 2.32. The molecule has 1 atom stereocenters. The van der Waals surface area contributed by atoms with Gasteiger partial charge >= 0.3 is 0 Å². The fourth-order valence-electron chi connectivity index (χ4n) is 3.39. The van der Waals surface area contributed by atoms with E-state index in [-0.39, 0.29) is 11.9 Å². The monoisotopic (exact) mass is 322 g/mol. The summed E-state index contributed by atoms with van der Waals surface area (Å²) in [6, 6.07) is 9.21. The molecular weight excluding hydrogens is 304 g/mol. The Bertz CT molecular complexity index is 918. The number of carbonyl (C=O) groups is 1. The summed E-state index contributed by atoms with van der Waals surface area (Å²) in [6.07, 6.45) is 4.49. The van der Waals surface area contributed by atoms with E-state index < -0.39 is 0 Å². The highest BCUT2D eigenvalue weighted by Gasteiger charge is 2.33. The van der Waals surface area contributed by atoms with Gasteiger partial charge in [0, 0.05) is 12.6 Å². The Labute approximate surface area is 139 Å². The second-order valence-corrected chi connectivity index (χ2v) is 6.20. The molecular formula is C18H18N4O2. The minimum absolute atomic E-state index is 0.0791. The molecule has 4 rings (SSSR count). The smallest absolute Gasteiger partial charge is 0.260 e. The number of fused-ring (bicyclic) bond motifs is 1. The Morgan fingerprint density at radius 2 is 2.25 bits per heavy atom. The van der Waals surface area contributed by atoms with Crippen molar-refractivity contribution in [1.82, 2.24) is 14.9 Å². The van der Waals surface area contributed by atoms with Crippen LogP contribution < -0.4 is 4.73 Å². The summed E-state index contributed by atoms with van der Waals surface area (Å²) < 4.78 is 0.656. The van der Waals surface area contributed by atoms with Gasteiger partial charge < -0.3 is 15.1 Å². The number of amides is 1. The second kappa shape index (κ2) is 5.63. The lowest BCUT2D eigenvalue weighted by atomic mass is 10.2. The average Bonchev–Trinajstić information content (AvgIpc) is 3.21. The number of pyridine rings is 1. The number of nitrogens with zero attached hydrogens (tertiary/aromatic N) is 3. The number of H-pyrrole nitrogens is 1. The van der Waals surface area contributed by atoms with E-state index in [2.05, 4.69) is 4.98 Å². The van der Waals surface area contributed by atoms with E-state index in [1.807, 2.05) is 30.0 Å². The fraction of sp³-hybridized carbons (Fsp3) is 0.278. The van der Waals surface area contributed by atoms with E-state index in [1.54, 1.807) is 12.1 Å². The lowest BCUT2D eigenvalue weighted by Crippen LogP contribution is -2.34. The molecule has 1 saturated heterocycles. The van der Waals surface area contributed by atoms with E-state index in [9.17, 15) is 10.0 Å². The quantitative estimate of drug-likeness (QED) is 0.582. The number of hydrogen-bond acceptors (Lipinski definition) is 3. The number of aryl methyl sites for hydroxylation is 1. The van der Waals surface area contributed by atoms with Crippen LogP contribution in [0.4, 0.5) is 0 Å². The van der Waals surface area contributed by atoms with Crippen molar-refractivity contribution >= 4 is 16.9 Å². The maximum atomic E-state index is 12.8. The van der Waals surface area contributed by atoms with Crippen molar-refractivity contribution in [1.29, 1.82) is 0 Å². The highest BCUT2D eigenvalue weighted by atomic mass is 16.5. The Balaban J connectivity index is 1.69. The predicted molar refractivity (Wildman–Crippen MR) is 89.2 cm³/mol. The van der Waals surface area contributed by atoms with Crippen molar-refractivity contribution in [3.8, 4) is 0 Å². The van der Waals surface area contributed by atoms with E-state index in [4.69, 9.17) is 4.98 Å². The molecule has 3 aromatic rings. The lowest BCUT2D eigenvalue weighted by Gasteiger charge is -2.22. The normalized spacial score (nSPS) is 17.5. The molecule has 122 valence electrons. The van der Waals surface area contributed by atoms with Crippen LogP contribution in [0.15, 0.2) is 42.7 Å². The molecule has 0 aliphatic carbocycles. The van der Waals surface area contributed by atoms with Crippen molar-refractivity contribution in [2.24, 2.45) is 0 Å². The molecule has 6 nitrogen and oxygen atoms in total. The Morgan fingerprint density at radius 1 is 1.38 bits per heavy atom.